The second-order valence-corrected chi connectivity index (χ2v) is 7.05. The molecule has 1 amide bonds. The van der Waals surface area contributed by atoms with Crippen LogP contribution in [0, 0.1) is 0 Å². The van der Waals surface area contributed by atoms with E-state index in [0.29, 0.717) is 12.5 Å². The van der Waals surface area contributed by atoms with Gasteiger partial charge in [0.05, 0.1) is 13.1 Å². The third-order valence-electron chi connectivity index (χ3n) is 2.65. The lowest BCUT2D eigenvalue weighted by Crippen LogP contribution is -2.48. The molecule has 1 aromatic heterocycles. The van der Waals surface area contributed by atoms with Crippen LogP contribution in [0.2, 0.25) is 0 Å². The maximum Gasteiger partial charge on any atom is 0.239 e. The van der Waals surface area contributed by atoms with Gasteiger partial charge in [0.2, 0.25) is 5.91 Å². The molecule has 1 rings (SSSR count). The molecular weight excluding hydrogens is 284 g/mol. The minimum Gasteiger partial charge on any atom is -0.352 e. The van der Waals surface area contributed by atoms with Gasteiger partial charge < -0.3 is 16.0 Å². The average Bonchev–Trinajstić information content (AvgIpc) is 2.85. The minimum absolute atomic E-state index is 0.0464. The van der Waals surface area contributed by atoms with Crippen LogP contribution in [-0.4, -0.2) is 31.0 Å². The second-order valence-electron chi connectivity index (χ2n) is 5.80. The molecular formula is C15H26N4OS. The lowest BCUT2D eigenvalue weighted by atomic mass is 10.1. The first kappa shape index (κ1) is 17.5. The summed E-state index contributed by atoms with van der Waals surface area (Å²) in [6, 6.07) is 4.27. The Morgan fingerprint density at radius 3 is 2.43 bits per heavy atom. The zero-order valence-corrected chi connectivity index (χ0v) is 14.4. The van der Waals surface area contributed by atoms with E-state index < -0.39 is 0 Å². The van der Waals surface area contributed by atoms with Crippen LogP contribution >= 0.6 is 11.3 Å². The Morgan fingerprint density at radius 1 is 1.24 bits per heavy atom. The van der Waals surface area contributed by atoms with Crippen LogP contribution in [0.1, 0.15) is 37.4 Å². The number of hydrogen-bond donors (Lipinski definition) is 3. The van der Waals surface area contributed by atoms with Crippen molar-refractivity contribution in [1.82, 2.24) is 16.0 Å². The van der Waals surface area contributed by atoms with Gasteiger partial charge in [-0.05, 0) is 39.3 Å². The molecule has 0 fully saturated rings. The van der Waals surface area contributed by atoms with Crippen LogP contribution in [0.15, 0.2) is 17.1 Å². The molecule has 21 heavy (non-hydrogen) atoms. The Bertz CT molecular complexity index is 488. The van der Waals surface area contributed by atoms with Crippen molar-refractivity contribution in [1.29, 1.82) is 0 Å². The number of nitrogens with one attached hydrogen (secondary N) is 3. The summed E-state index contributed by atoms with van der Waals surface area (Å²) in [4.78, 5) is 18.5. The highest BCUT2D eigenvalue weighted by Gasteiger charge is 2.13. The molecule has 0 unspecified atom stereocenters. The molecule has 0 spiro atoms. The van der Waals surface area contributed by atoms with Gasteiger partial charge in [0.1, 0.15) is 0 Å². The Morgan fingerprint density at radius 2 is 1.90 bits per heavy atom. The standard InChI is InChI=1S/C15H26N4OS/c1-6-11-7-8-12(21-11)9-17-14(16-5)18-10-13(20)19-15(2,3)4/h7-8H,6,9-10H2,1-5H3,(H,19,20)(H2,16,17,18). The fourth-order valence-corrected chi connectivity index (χ4v) is 2.62. The topological polar surface area (TPSA) is 65.5 Å². The van der Waals surface area contributed by atoms with Crippen molar-refractivity contribution in [3.05, 3.63) is 21.9 Å². The minimum atomic E-state index is -0.219. The number of guanidine groups is 1. The summed E-state index contributed by atoms with van der Waals surface area (Å²) in [5, 5.41) is 9.13. The summed E-state index contributed by atoms with van der Waals surface area (Å²) in [7, 11) is 1.70. The molecule has 0 radical (unpaired) electrons. The number of amides is 1. The quantitative estimate of drug-likeness (QED) is 0.575. The molecule has 0 atom stereocenters. The van der Waals surface area contributed by atoms with Crippen LogP contribution < -0.4 is 16.0 Å². The first-order valence-corrected chi connectivity index (χ1v) is 7.99. The molecule has 6 heteroatoms. The Hall–Kier alpha value is -1.56. The summed E-state index contributed by atoms with van der Waals surface area (Å²) in [6.07, 6.45) is 1.06. The van der Waals surface area contributed by atoms with Crippen molar-refractivity contribution in [2.75, 3.05) is 13.6 Å². The molecule has 0 saturated heterocycles. The number of rotatable bonds is 5. The molecule has 0 bridgehead atoms. The van der Waals surface area contributed by atoms with E-state index in [9.17, 15) is 4.79 Å². The largest absolute Gasteiger partial charge is 0.352 e. The van der Waals surface area contributed by atoms with E-state index in [1.165, 1.54) is 9.75 Å². The van der Waals surface area contributed by atoms with Crippen LogP contribution in [0.25, 0.3) is 0 Å². The summed E-state index contributed by atoms with van der Waals surface area (Å²) in [6.45, 7) is 8.95. The third-order valence-corrected chi connectivity index (χ3v) is 3.88. The van der Waals surface area contributed by atoms with Crippen molar-refractivity contribution < 1.29 is 4.79 Å². The monoisotopic (exact) mass is 310 g/mol. The highest BCUT2D eigenvalue weighted by molar-refractivity contribution is 7.11. The first-order valence-electron chi connectivity index (χ1n) is 7.17. The van der Waals surface area contributed by atoms with Crippen LogP contribution in [0.3, 0.4) is 0 Å². The molecule has 3 N–H and O–H groups in total. The number of carbonyl (C=O) groups is 1. The van der Waals surface area contributed by atoms with Crippen molar-refractivity contribution >= 4 is 23.2 Å². The molecule has 1 aromatic rings. The molecule has 0 aliphatic rings. The van der Waals surface area contributed by atoms with Gasteiger partial charge in [-0.15, -0.1) is 11.3 Å². The van der Waals surface area contributed by atoms with Gasteiger partial charge in [-0.3, -0.25) is 9.79 Å². The van der Waals surface area contributed by atoms with Gasteiger partial charge in [-0.25, -0.2) is 0 Å². The van der Waals surface area contributed by atoms with Crippen LogP contribution in [-0.2, 0) is 17.8 Å². The van der Waals surface area contributed by atoms with E-state index in [1.807, 2.05) is 20.8 Å². The number of aryl methyl sites for hydroxylation is 1. The predicted molar refractivity (Wildman–Crippen MR) is 89.8 cm³/mol. The van der Waals surface area contributed by atoms with E-state index >= 15 is 0 Å². The van der Waals surface area contributed by atoms with Crippen LogP contribution in [0.5, 0.6) is 0 Å². The van der Waals surface area contributed by atoms with Gasteiger partial charge >= 0.3 is 0 Å². The molecule has 5 nitrogen and oxygen atoms in total. The first-order chi connectivity index (χ1) is 9.84. The summed E-state index contributed by atoms with van der Waals surface area (Å²) >= 11 is 1.79. The predicted octanol–water partition coefficient (Wildman–Crippen LogP) is 1.89. The maximum absolute atomic E-state index is 11.7. The van der Waals surface area contributed by atoms with Gasteiger partial charge in [0.15, 0.2) is 5.96 Å². The zero-order valence-electron chi connectivity index (χ0n) is 13.5. The highest BCUT2D eigenvalue weighted by Crippen LogP contribution is 2.16. The lowest BCUT2D eigenvalue weighted by Gasteiger charge is -2.21. The third kappa shape index (κ3) is 7.13. The van der Waals surface area contributed by atoms with Gasteiger partial charge in [-0.2, -0.15) is 0 Å². The van der Waals surface area contributed by atoms with Crippen molar-refractivity contribution in [3.8, 4) is 0 Å². The number of thiophene rings is 1. The molecule has 118 valence electrons. The molecule has 0 aliphatic carbocycles. The Labute approximate surface area is 131 Å². The summed E-state index contributed by atoms with van der Waals surface area (Å²) in [5.74, 6) is 0.584. The Kier molecular flexibility index (Phi) is 6.68. The SMILES string of the molecule is CCc1ccc(CNC(=NC)NCC(=O)NC(C)(C)C)s1. The van der Waals surface area contributed by atoms with Crippen LogP contribution in [0.4, 0.5) is 0 Å². The normalized spacial score (nSPS) is 12.1. The van der Waals surface area contributed by atoms with Gasteiger partial charge in [0.25, 0.3) is 0 Å². The smallest absolute Gasteiger partial charge is 0.239 e. The van der Waals surface area contributed by atoms with Gasteiger partial charge in [0, 0.05) is 22.3 Å². The van der Waals surface area contributed by atoms with E-state index in [2.05, 4.69) is 40.0 Å². The highest BCUT2D eigenvalue weighted by atomic mass is 32.1. The van der Waals surface area contributed by atoms with E-state index in [-0.39, 0.29) is 18.0 Å². The maximum atomic E-state index is 11.7. The summed E-state index contributed by atoms with van der Waals surface area (Å²) < 4.78 is 0. The lowest BCUT2D eigenvalue weighted by molar-refractivity contribution is -0.121. The molecule has 1 heterocycles. The Balaban J connectivity index is 2.37. The van der Waals surface area contributed by atoms with E-state index in [0.717, 1.165) is 6.42 Å². The van der Waals surface area contributed by atoms with E-state index in [4.69, 9.17) is 0 Å². The second kappa shape index (κ2) is 8.02. The van der Waals surface area contributed by atoms with Crippen molar-refractivity contribution in [3.63, 3.8) is 0 Å². The molecule has 0 aliphatic heterocycles. The fourth-order valence-electron chi connectivity index (χ4n) is 1.73. The van der Waals surface area contributed by atoms with Crippen molar-refractivity contribution in [2.24, 2.45) is 4.99 Å². The number of nitrogens with zero attached hydrogens (tertiary/aromatic N) is 1. The fraction of sp³-hybridized carbons (Fsp3) is 0.600. The number of aliphatic imine (C=N–C) groups is 1. The molecule has 0 aromatic carbocycles. The van der Waals surface area contributed by atoms with Crippen molar-refractivity contribution in [2.45, 2.75) is 46.2 Å². The van der Waals surface area contributed by atoms with E-state index in [1.54, 1.807) is 18.4 Å². The van der Waals surface area contributed by atoms with Gasteiger partial charge in [-0.1, -0.05) is 6.92 Å². The summed E-state index contributed by atoms with van der Waals surface area (Å²) in [5.41, 5.74) is -0.219. The zero-order chi connectivity index (χ0) is 15.9. The molecule has 0 saturated carbocycles. The number of hydrogen-bond acceptors (Lipinski definition) is 3. The average molecular weight is 310 g/mol. The number of carbonyl (C=O) groups excluding carboxylic acids is 1.